The maximum absolute atomic E-state index is 9.38. The first-order valence-electron chi connectivity index (χ1n) is 3.85. The number of alkyl halides is 1. The molecule has 1 N–H and O–H groups in total. The fourth-order valence-corrected chi connectivity index (χ4v) is 0.850. The van der Waals surface area contributed by atoms with Crippen molar-refractivity contribution in [2.24, 2.45) is 0 Å². The highest BCUT2D eigenvalue weighted by Gasteiger charge is 2.23. The van der Waals surface area contributed by atoms with E-state index in [0.29, 0.717) is 0 Å². The number of aliphatic hydroxyl groups excluding tert-OH is 1. The average Bonchev–Trinajstić information content (AvgIpc) is 1.80. The van der Waals surface area contributed by atoms with E-state index in [9.17, 15) is 5.11 Å². The van der Waals surface area contributed by atoms with Crippen LogP contribution in [0.2, 0.25) is 0 Å². The van der Waals surface area contributed by atoms with Crippen LogP contribution in [0.25, 0.3) is 0 Å². The van der Waals surface area contributed by atoms with Gasteiger partial charge in [0, 0.05) is 0 Å². The molecule has 2 heteroatoms. The van der Waals surface area contributed by atoms with Crippen LogP contribution in [-0.4, -0.2) is 16.1 Å². The molecule has 0 aromatic heterocycles. The van der Waals surface area contributed by atoms with Crippen LogP contribution in [0.5, 0.6) is 0 Å². The topological polar surface area (TPSA) is 20.2 Å². The van der Waals surface area contributed by atoms with E-state index in [1.165, 1.54) is 0 Å². The van der Waals surface area contributed by atoms with Crippen LogP contribution in [0.15, 0.2) is 0 Å². The number of unbranched alkanes of at least 4 members (excludes halogenated alkanes) is 1. The highest BCUT2D eigenvalue weighted by Crippen LogP contribution is 2.21. The number of hydrogen-bond acceptors (Lipinski definition) is 1. The largest absolute Gasteiger partial charge is 0.391 e. The Balaban J connectivity index is 3.52. The van der Waals surface area contributed by atoms with E-state index in [1.54, 1.807) is 0 Å². The monoisotopic (exact) mass is 164 g/mol. The van der Waals surface area contributed by atoms with Gasteiger partial charge < -0.3 is 5.11 Å². The first kappa shape index (κ1) is 10.2. The molecule has 0 fully saturated rings. The minimum absolute atomic E-state index is 0.367. The van der Waals surface area contributed by atoms with Gasteiger partial charge in [0.25, 0.3) is 0 Å². The van der Waals surface area contributed by atoms with Gasteiger partial charge in [0.2, 0.25) is 0 Å². The van der Waals surface area contributed by atoms with Crippen LogP contribution in [0.1, 0.15) is 40.0 Å². The molecule has 0 spiro atoms. The third kappa shape index (κ3) is 4.13. The van der Waals surface area contributed by atoms with Gasteiger partial charge in [-0.2, -0.15) is 0 Å². The number of halogens is 1. The zero-order valence-electron chi connectivity index (χ0n) is 7.02. The summed E-state index contributed by atoms with van der Waals surface area (Å²) in [6.45, 7) is 5.79. The van der Waals surface area contributed by atoms with Crippen LogP contribution in [0.3, 0.4) is 0 Å². The van der Waals surface area contributed by atoms with Gasteiger partial charge in [-0.3, -0.25) is 0 Å². The number of hydrogen-bond donors (Lipinski definition) is 1. The van der Waals surface area contributed by atoms with Crippen molar-refractivity contribution in [1.29, 1.82) is 0 Å². The fourth-order valence-electron chi connectivity index (χ4n) is 0.741. The van der Waals surface area contributed by atoms with Crippen LogP contribution in [-0.2, 0) is 0 Å². The highest BCUT2D eigenvalue weighted by atomic mass is 35.5. The zero-order chi connectivity index (χ0) is 8.20. The molecular formula is C8H17ClO. The van der Waals surface area contributed by atoms with Crippen molar-refractivity contribution in [3.05, 3.63) is 0 Å². The first-order chi connectivity index (χ1) is 4.48. The van der Waals surface area contributed by atoms with Crippen molar-refractivity contribution in [2.45, 2.75) is 51.0 Å². The molecule has 0 amide bonds. The van der Waals surface area contributed by atoms with Crippen molar-refractivity contribution in [1.82, 2.24) is 0 Å². The van der Waals surface area contributed by atoms with Crippen LogP contribution in [0.4, 0.5) is 0 Å². The number of aliphatic hydroxyl groups is 1. The fraction of sp³-hybridized carbons (Fsp3) is 1.00. The van der Waals surface area contributed by atoms with Crippen molar-refractivity contribution < 1.29 is 5.11 Å². The Morgan fingerprint density at radius 2 is 2.00 bits per heavy atom. The average molecular weight is 165 g/mol. The van der Waals surface area contributed by atoms with E-state index < -0.39 is 4.87 Å². The summed E-state index contributed by atoms with van der Waals surface area (Å²) in [6.07, 6.45) is 2.61. The molecule has 1 unspecified atom stereocenters. The normalized spacial score (nSPS) is 15.3. The van der Waals surface area contributed by atoms with Crippen LogP contribution in [0, 0.1) is 0 Å². The molecule has 10 heavy (non-hydrogen) atoms. The first-order valence-corrected chi connectivity index (χ1v) is 4.23. The summed E-state index contributed by atoms with van der Waals surface area (Å²) < 4.78 is 0. The van der Waals surface area contributed by atoms with Crippen LogP contribution >= 0.6 is 11.6 Å². The van der Waals surface area contributed by atoms with Crippen molar-refractivity contribution in [3.63, 3.8) is 0 Å². The zero-order valence-corrected chi connectivity index (χ0v) is 7.78. The molecule has 0 saturated heterocycles. The van der Waals surface area contributed by atoms with E-state index in [4.69, 9.17) is 11.6 Å². The Morgan fingerprint density at radius 1 is 1.50 bits per heavy atom. The lowest BCUT2D eigenvalue weighted by molar-refractivity contribution is 0.127. The lowest BCUT2D eigenvalue weighted by Gasteiger charge is -2.22. The van der Waals surface area contributed by atoms with E-state index in [2.05, 4.69) is 6.92 Å². The third-order valence-corrected chi connectivity index (χ3v) is 1.88. The minimum atomic E-state index is -0.463. The predicted molar refractivity (Wildman–Crippen MR) is 45.5 cm³/mol. The molecule has 0 aliphatic heterocycles. The van der Waals surface area contributed by atoms with Gasteiger partial charge in [-0.1, -0.05) is 19.8 Å². The molecule has 1 nitrogen and oxygen atoms in total. The summed E-state index contributed by atoms with van der Waals surface area (Å²) >= 11 is 5.87. The second kappa shape index (κ2) is 4.20. The predicted octanol–water partition coefficient (Wildman–Crippen LogP) is 2.55. The maximum Gasteiger partial charge on any atom is 0.0726 e. The summed E-state index contributed by atoms with van der Waals surface area (Å²) in [6, 6.07) is 0. The van der Waals surface area contributed by atoms with E-state index in [-0.39, 0.29) is 6.10 Å². The molecule has 0 aromatic rings. The summed E-state index contributed by atoms with van der Waals surface area (Å²) in [4.78, 5) is -0.463. The Kier molecular flexibility index (Phi) is 4.30. The van der Waals surface area contributed by atoms with E-state index in [1.807, 2.05) is 13.8 Å². The SMILES string of the molecule is CCCCC(O)C(C)(C)Cl. The quantitative estimate of drug-likeness (QED) is 0.634. The van der Waals surface area contributed by atoms with Gasteiger partial charge in [-0.25, -0.2) is 0 Å². The lowest BCUT2D eigenvalue weighted by atomic mass is 10.0. The summed E-state index contributed by atoms with van der Waals surface area (Å²) in [5.74, 6) is 0. The molecule has 62 valence electrons. The standard InChI is InChI=1S/C8H17ClO/c1-4-5-6-7(10)8(2,3)9/h7,10H,4-6H2,1-3H3. The maximum atomic E-state index is 9.38. The van der Waals surface area contributed by atoms with Gasteiger partial charge in [-0.15, -0.1) is 11.6 Å². The molecule has 0 radical (unpaired) electrons. The Hall–Kier alpha value is 0.250. The third-order valence-electron chi connectivity index (χ3n) is 1.62. The summed E-state index contributed by atoms with van der Waals surface area (Å²) in [7, 11) is 0. The number of rotatable bonds is 4. The molecule has 0 aromatic carbocycles. The second-order valence-corrected chi connectivity index (χ2v) is 4.20. The Morgan fingerprint density at radius 3 is 2.30 bits per heavy atom. The molecule has 0 aliphatic carbocycles. The Labute approximate surface area is 68.4 Å². The lowest BCUT2D eigenvalue weighted by Crippen LogP contribution is -2.29. The summed E-state index contributed by atoms with van der Waals surface area (Å²) in [5, 5.41) is 9.38. The van der Waals surface area contributed by atoms with Gasteiger partial charge in [0.1, 0.15) is 0 Å². The van der Waals surface area contributed by atoms with Crippen LogP contribution < -0.4 is 0 Å². The van der Waals surface area contributed by atoms with Gasteiger partial charge in [0.15, 0.2) is 0 Å². The molecule has 0 bridgehead atoms. The minimum Gasteiger partial charge on any atom is -0.391 e. The van der Waals surface area contributed by atoms with E-state index >= 15 is 0 Å². The van der Waals surface area contributed by atoms with Gasteiger partial charge in [-0.05, 0) is 20.3 Å². The molecule has 1 atom stereocenters. The summed E-state index contributed by atoms with van der Waals surface area (Å²) in [5.41, 5.74) is 0. The molecule has 0 aliphatic rings. The smallest absolute Gasteiger partial charge is 0.0726 e. The van der Waals surface area contributed by atoms with Crippen molar-refractivity contribution in [3.8, 4) is 0 Å². The van der Waals surface area contributed by atoms with Crippen molar-refractivity contribution in [2.75, 3.05) is 0 Å². The molecule has 0 rings (SSSR count). The molecule has 0 saturated carbocycles. The molecule has 0 heterocycles. The van der Waals surface area contributed by atoms with Crippen molar-refractivity contribution >= 4 is 11.6 Å². The second-order valence-electron chi connectivity index (χ2n) is 3.22. The van der Waals surface area contributed by atoms with Gasteiger partial charge >= 0.3 is 0 Å². The van der Waals surface area contributed by atoms with Gasteiger partial charge in [0.05, 0.1) is 11.0 Å². The highest BCUT2D eigenvalue weighted by molar-refractivity contribution is 6.23. The Bertz CT molecular complexity index is 85.7. The van der Waals surface area contributed by atoms with E-state index in [0.717, 1.165) is 19.3 Å². The molecular weight excluding hydrogens is 148 g/mol.